The molecule has 1 N–H and O–H groups in total. The van der Waals surface area contributed by atoms with Crippen LogP contribution in [0.2, 0.25) is 0 Å². The second-order valence-corrected chi connectivity index (χ2v) is 5.66. The molecule has 0 spiro atoms. The number of nitrogens with zero attached hydrogens (tertiary/aromatic N) is 2. The van der Waals surface area contributed by atoms with Crippen molar-refractivity contribution >= 4 is 21.6 Å². The lowest BCUT2D eigenvalue weighted by molar-refractivity contribution is 0.274. The Labute approximate surface area is 131 Å². The van der Waals surface area contributed by atoms with Gasteiger partial charge in [-0.1, -0.05) is 18.2 Å². The van der Waals surface area contributed by atoms with Crippen molar-refractivity contribution in [2.75, 3.05) is 11.9 Å². The number of aryl methyl sites for hydroxylation is 1. The van der Waals surface area contributed by atoms with Gasteiger partial charge in [0.2, 0.25) is 0 Å². The highest BCUT2D eigenvalue weighted by Gasteiger charge is 2.22. The fourth-order valence-corrected chi connectivity index (χ4v) is 2.89. The smallest absolute Gasteiger partial charge is 0.283 e. The molecular formula is C15H16BrN3O2. The van der Waals surface area contributed by atoms with Crippen LogP contribution in [-0.2, 0) is 6.54 Å². The number of anilines is 1. The number of benzene rings is 1. The first-order valence-electron chi connectivity index (χ1n) is 6.94. The van der Waals surface area contributed by atoms with Gasteiger partial charge in [0.05, 0.1) is 24.5 Å². The summed E-state index contributed by atoms with van der Waals surface area (Å²) >= 11 is 3.37. The van der Waals surface area contributed by atoms with E-state index in [1.165, 1.54) is 4.68 Å². The number of fused-ring (bicyclic) bond motifs is 1. The highest BCUT2D eigenvalue weighted by molar-refractivity contribution is 9.10. The summed E-state index contributed by atoms with van der Waals surface area (Å²) in [5.74, 6) is 0.896. The molecule has 0 saturated heterocycles. The standard InChI is InChI=1S/C15H16BrN3O2/c1-2-19-15(20)14(16)12(9-17-19)18-11-7-8-21-13-6-4-3-5-10(11)13/h3-6,9,11,18H,2,7-8H2,1H3. The van der Waals surface area contributed by atoms with E-state index >= 15 is 0 Å². The Hall–Kier alpha value is -1.82. The summed E-state index contributed by atoms with van der Waals surface area (Å²) in [6.45, 7) is 3.10. The third-order valence-electron chi connectivity index (χ3n) is 3.57. The molecule has 1 aromatic carbocycles. The van der Waals surface area contributed by atoms with E-state index in [2.05, 4.69) is 26.3 Å². The van der Waals surface area contributed by atoms with Gasteiger partial charge in [-0.2, -0.15) is 5.10 Å². The number of rotatable bonds is 3. The van der Waals surface area contributed by atoms with Crippen LogP contribution >= 0.6 is 15.9 Å². The fraction of sp³-hybridized carbons (Fsp3) is 0.333. The molecule has 6 heteroatoms. The van der Waals surface area contributed by atoms with E-state index in [0.717, 1.165) is 17.7 Å². The normalized spacial score (nSPS) is 17.0. The monoisotopic (exact) mass is 349 g/mol. The van der Waals surface area contributed by atoms with Crippen LogP contribution in [0.1, 0.15) is 24.9 Å². The van der Waals surface area contributed by atoms with Gasteiger partial charge in [-0.05, 0) is 28.9 Å². The second kappa shape index (κ2) is 5.89. The third-order valence-corrected chi connectivity index (χ3v) is 4.34. The maximum Gasteiger partial charge on any atom is 0.283 e. The second-order valence-electron chi connectivity index (χ2n) is 4.87. The number of hydrogen-bond donors (Lipinski definition) is 1. The van der Waals surface area contributed by atoms with Gasteiger partial charge in [0.1, 0.15) is 10.2 Å². The predicted molar refractivity (Wildman–Crippen MR) is 84.8 cm³/mol. The van der Waals surface area contributed by atoms with E-state index in [4.69, 9.17) is 4.74 Å². The molecule has 0 saturated carbocycles. The van der Waals surface area contributed by atoms with E-state index in [0.29, 0.717) is 23.3 Å². The molecular weight excluding hydrogens is 334 g/mol. The first-order chi connectivity index (χ1) is 10.2. The summed E-state index contributed by atoms with van der Waals surface area (Å²) in [4.78, 5) is 12.1. The van der Waals surface area contributed by atoms with Gasteiger partial charge < -0.3 is 10.1 Å². The molecule has 0 fully saturated rings. The lowest BCUT2D eigenvalue weighted by Gasteiger charge is -2.27. The van der Waals surface area contributed by atoms with Crippen molar-refractivity contribution in [3.05, 3.63) is 50.9 Å². The number of para-hydroxylation sites is 1. The van der Waals surface area contributed by atoms with Crippen LogP contribution in [-0.4, -0.2) is 16.4 Å². The number of halogens is 1. The van der Waals surface area contributed by atoms with Crippen LogP contribution in [0.25, 0.3) is 0 Å². The van der Waals surface area contributed by atoms with Crippen molar-refractivity contribution in [3.63, 3.8) is 0 Å². The molecule has 1 aliphatic heterocycles. The molecule has 1 aromatic heterocycles. The summed E-state index contributed by atoms with van der Waals surface area (Å²) in [7, 11) is 0. The number of aromatic nitrogens is 2. The van der Waals surface area contributed by atoms with Gasteiger partial charge >= 0.3 is 0 Å². The summed E-state index contributed by atoms with van der Waals surface area (Å²) in [6, 6.07) is 8.07. The highest BCUT2D eigenvalue weighted by atomic mass is 79.9. The quantitative estimate of drug-likeness (QED) is 0.925. The Morgan fingerprint density at radius 1 is 1.48 bits per heavy atom. The van der Waals surface area contributed by atoms with E-state index in [1.54, 1.807) is 6.20 Å². The first kappa shape index (κ1) is 14.1. The summed E-state index contributed by atoms with van der Waals surface area (Å²) in [5.41, 5.74) is 1.70. The zero-order valence-corrected chi connectivity index (χ0v) is 13.3. The molecule has 2 aromatic rings. The maximum atomic E-state index is 12.1. The molecule has 1 aliphatic rings. The zero-order chi connectivity index (χ0) is 14.8. The fourth-order valence-electron chi connectivity index (χ4n) is 2.47. The molecule has 5 nitrogen and oxygen atoms in total. The van der Waals surface area contributed by atoms with Gasteiger partial charge in [-0.3, -0.25) is 4.79 Å². The number of ether oxygens (including phenoxy) is 1. The van der Waals surface area contributed by atoms with Crippen LogP contribution in [0.5, 0.6) is 5.75 Å². The Morgan fingerprint density at radius 3 is 3.10 bits per heavy atom. The average Bonchev–Trinajstić information content (AvgIpc) is 2.52. The van der Waals surface area contributed by atoms with Crippen molar-refractivity contribution in [2.24, 2.45) is 0 Å². The van der Waals surface area contributed by atoms with Crippen LogP contribution in [0.3, 0.4) is 0 Å². The summed E-state index contributed by atoms with van der Waals surface area (Å²) < 4.78 is 7.59. The van der Waals surface area contributed by atoms with Crippen molar-refractivity contribution in [3.8, 4) is 5.75 Å². The van der Waals surface area contributed by atoms with Crippen LogP contribution in [0.4, 0.5) is 5.69 Å². The number of nitrogens with one attached hydrogen (secondary N) is 1. The molecule has 21 heavy (non-hydrogen) atoms. The molecule has 110 valence electrons. The Bertz CT molecular complexity index is 714. The lowest BCUT2D eigenvalue weighted by Crippen LogP contribution is -2.26. The zero-order valence-electron chi connectivity index (χ0n) is 11.7. The van der Waals surface area contributed by atoms with Crippen LogP contribution < -0.4 is 15.6 Å². The summed E-state index contributed by atoms with van der Waals surface area (Å²) in [6.07, 6.45) is 2.54. The van der Waals surface area contributed by atoms with Crippen molar-refractivity contribution in [2.45, 2.75) is 25.9 Å². The molecule has 2 heterocycles. The van der Waals surface area contributed by atoms with E-state index in [1.807, 2.05) is 31.2 Å². The van der Waals surface area contributed by atoms with Crippen LogP contribution in [0, 0.1) is 0 Å². The Kier molecular flexibility index (Phi) is 3.96. The topological polar surface area (TPSA) is 56.1 Å². The molecule has 0 aliphatic carbocycles. The predicted octanol–water partition coefficient (Wildman–Crippen LogP) is 2.96. The minimum atomic E-state index is -0.122. The molecule has 1 atom stereocenters. The Balaban J connectivity index is 1.92. The first-order valence-corrected chi connectivity index (χ1v) is 7.74. The molecule has 3 rings (SSSR count). The van der Waals surface area contributed by atoms with Gasteiger partial charge in [-0.15, -0.1) is 0 Å². The van der Waals surface area contributed by atoms with E-state index < -0.39 is 0 Å². The van der Waals surface area contributed by atoms with Gasteiger partial charge in [-0.25, -0.2) is 4.68 Å². The lowest BCUT2D eigenvalue weighted by atomic mass is 10.0. The molecule has 0 radical (unpaired) electrons. The van der Waals surface area contributed by atoms with Crippen molar-refractivity contribution < 1.29 is 4.74 Å². The van der Waals surface area contributed by atoms with Crippen molar-refractivity contribution in [1.29, 1.82) is 0 Å². The SMILES string of the molecule is CCn1ncc(NC2CCOc3ccccc32)c(Br)c1=O. The van der Waals surface area contributed by atoms with Gasteiger partial charge in [0, 0.05) is 18.5 Å². The molecule has 0 amide bonds. The van der Waals surface area contributed by atoms with E-state index in [9.17, 15) is 4.79 Å². The minimum Gasteiger partial charge on any atom is -0.493 e. The van der Waals surface area contributed by atoms with Gasteiger partial charge in [0.15, 0.2) is 0 Å². The molecule has 0 bridgehead atoms. The third kappa shape index (κ3) is 2.68. The average molecular weight is 350 g/mol. The minimum absolute atomic E-state index is 0.116. The molecule has 1 unspecified atom stereocenters. The highest BCUT2D eigenvalue weighted by Crippen LogP contribution is 2.34. The maximum absolute atomic E-state index is 12.1. The summed E-state index contributed by atoms with van der Waals surface area (Å²) in [5, 5.41) is 7.55. The van der Waals surface area contributed by atoms with E-state index in [-0.39, 0.29) is 11.6 Å². The Morgan fingerprint density at radius 2 is 2.29 bits per heavy atom. The number of hydrogen-bond acceptors (Lipinski definition) is 4. The largest absolute Gasteiger partial charge is 0.493 e. The van der Waals surface area contributed by atoms with Gasteiger partial charge in [0.25, 0.3) is 5.56 Å². The van der Waals surface area contributed by atoms with Crippen molar-refractivity contribution in [1.82, 2.24) is 9.78 Å². The van der Waals surface area contributed by atoms with Crippen LogP contribution in [0.15, 0.2) is 39.7 Å².